The van der Waals surface area contributed by atoms with Crippen LogP contribution >= 0.6 is 24.8 Å². The molecule has 1 heterocycles. The Morgan fingerprint density at radius 3 is 2.83 bits per heavy atom. The lowest BCUT2D eigenvalue weighted by Crippen LogP contribution is -2.40. The fourth-order valence-electron chi connectivity index (χ4n) is 2.50. The van der Waals surface area contributed by atoms with Crippen LogP contribution in [0.3, 0.4) is 0 Å². The second-order valence-electron chi connectivity index (χ2n) is 6.06. The van der Waals surface area contributed by atoms with Gasteiger partial charge in [0.15, 0.2) is 0 Å². The molecule has 0 saturated carbocycles. The molecule has 2 rings (SSSR count). The first-order chi connectivity index (χ1) is 10.6. The monoisotopic (exact) mass is 377 g/mol. The van der Waals surface area contributed by atoms with Crippen LogP contribution in [0, 0.1) is 5.92 Å². The Morgan fingerprint density at radius 2 is 2.17 bits per heavy atom. The quantitative estimate of drug-likeness (QED) is 0.763. The first-order valence-electron chi connectivity index (χ1n) is 8.00. The van der Waals surface area contributed by atoms with Crippen LogP contribution in [0.5, 0.6) is 5.75 Å². The van der Waals surface area contributed by atoms with Gasteiger partial charge in [-0.05, 0) is 51.2 Å². The zero-order valence-electron chi connectivity index (χ0n) is 14.4. The van der Waals surface area contributed by atoms with Crippen LogP contribution in [-0.4, -0.2) is 51.1 Å². The van der Waals surface area contributed by atoms with Crippen molar-refractivity contribution in [3.8, 4) is 5.75 Å². The topological polar surface area (TPSA) is 53.6 Å². The predicted molar refractivity (Wildman–Crippen MR) is 102 cm³/mol. The van der Waals surface area contributed by atoms with Gasteiger partial charge in [0.25, 0.3) is 0 Å². The largest absolute Gasteiger partial charge is 0.492 e. The summed E-state index contributed by atoms with van der Waals surface area (Å²) in [6.45, 7) is 3.92. The van der Waals surface area contributed by atoms with Crippen LogP contribution in [0.4, 0.5) is 0 Å². The van der Waals surface area contributed by atoms with Crippen LogP contribution in [0.2, 0.25) is 0 Å². The van der Waals surface area contributed by atoms with Gasteiger partial charge in [0.05, 0.1) is 5.92 Å². The van der Waals surface area contributed by atoms with E-state index in [-0.39, 0.29) is 36.6 Å². The van der Waals surface area contributed by atoms with Crippen LogP contribution in [0.1, 0.15) is 18.4 Å². The van der Waals surface area contributed by atoms with Gasteiger partial charge in [-0.25, -0.2) is 0 Å². The molecule has 0 spiro atoms. The number of hydrogen-bond acceptors (Lipinski definition) is 4. The average Bonchev–Trinajstić information content (AvgIpc) is 2.53. The van der Waals surface area contributed by atoms with Gasteiger partial charge in [-0.3, -0.25) is 4.79 Å². The molecule has 1 fully saturated rings. The highest BCUT2D eigenvalue weighted by Crippen LogP contribution is 2.14. The lowest BCUT2D eigenvalue weighted by molar-refractivity contribution is -0.125. The zero-order valence-corrected chi connectivity index (χ0v) is 16.0. The molecule has 0 radical (unpaired) electrons. The molecular weight excluding hydrogens is 349 g/mol. The van der Waals surface area contributed by atoms with Crippen molar-refractivity contribution in [2.45, 2.75) is 19.4 Å². The summed E-state index contributed by atoms with van der Waals surface area (Å²) in [6, 6.07) is 7.92. The smallest absolute Gasteiger partial charge is 0.224 e. The molecule has 1 unspecified atom stereocenters. The molecule has 5 nitrogen and oxygen atoms in total. The summed E-state index contributed by atoms with van der Waals surface area (Å²) < 4.78 is 5.72. The third kappa shape index (κ3) is 8.20. The van der Waals surface area contributed by atoms with Gasteiger partial charge in [0, 0.05) is 19.6 Å². The maximum absolute atomic E-state index is 12.1. The van der Waals surface area contributed by atoms with Gasteiger partial charge >= 0.3 is 0 Å². The van der Waals surface area contributed by atoms with Crippen molar-refractivity contribution >= 4 is 30.7 Å². The molecule has 138 valence electrons. The molecule has 7 heteroatoms. The number of halogens is 2. The van der Waals surface area contributed by atoms with E-state index in [0.717, 1.165) is 43.8 Å². The number of ether oxygens (including phenoxy) is 1. The molecule has 1 aliphatic heterocycles. The molecular formula is C17H29Cl2N3O2. The van der Waals surface area contributed by atoms with Crippen LogP contribution < -0.4 is 15.4 Å². The minimum absolute atomic E-state index is 0. The van der Waals surface area contributed by atoms with E-state index in [4.69, 9.17) is 4.74 Å². The zero-order chi connectivity index (χ0) is 15.8. The highest BCUT2D eigenvalue weighted by molar-refractivity contribution is 5.85. The van der Waals surface area contributed by atoms with Gasteiger partial charge in [-0.1, -0.05) is 12.1 Å². The van der Waals surface area contributed by atoms with E-state index >= 15 is 0 Å². The van der Waals surface area contributed by atoms with Crippen molar-refractivity contribution < 1.29 is 9.53 Å². The first kappa shape index (κ1) is 23.0. The maximum atomic E-state index is 12.1. The minimum Gasteiger partial charge on any atom is -0.492 e. The maximum Gasteiger partial charge on any atom is 0.224 e. The van der Waals surface area contributed by atoms with E-state index in [1.165, 1.54) is 0 Å². The van der Waals surface area contributed by atoms with Crippen LogP contribution in [-0.2, 0) is 11.3 Å². The Hall–Kier alpha value is -1.01. The van der Waals surface area contributed by atoms with E-state index in [1.54, 1.807) is 0 Å². The fraction of sp³-hybridized carbons (Fsp3) is 0.588. The molecule has 0 aliphatic carbocycles. The van der Waals surface area contributed by atoms with Crippen molar-refractivity contribution in [2.75, 3.05) is 40.3 Å². The first-order valence-corrected chi connectivity index (χ1v) is 8.00. The second-order valence-corrected chi connectivity index (χ2v) is 6.06. The van der Waals surface area contributed by atoms with Gasteiger partial charge in [0.1, 0.15) is 12.4 Å². The van der Waals surface area contributed by atoms with Crippen molar-refractivity contribution in [1.29, 1.82) is 0 Å². The molecule has 1 amide bonds. The normalized spacial score (nSPS) is 16.7. The number of piperidine rings is 1. The Labute approximate surface area is 157 Å². The number of carbonyl (C=O) groups is 1. The molecule has 1 saturated heterocycles. The number of nitrogens with zero attached hydrogens (tertiary/aromatic N) is 1. The van der Waals surface area contributed by atoms with Crippen molar-refractivity contribution in [1.82, 2.24) is 15.5 Å². The summed E-state index contributed by atoms with van der Waals surface area (Å²) >= 11 is 0. The van der Waals surface area contributed by atoms with E-state index in [9.17, 15) is 4.79 Å². The molecule has 1 atom stereocenters. The number of hydrogen-bond donors (Lipinski definition) is 2. The molecule has 1 aromatic carbocycles. The SMILES string of the molecule is CN(C)CCOc1cccc(CNC(=O)C2CCCNC2)c1.Cl.Cl. The van der Waals surface area contributed by atoms with E-state index in [1.807, 2.05) is 38.4 Å². The standard InChI is InChI=1S/C17H27N3O2.2ClH/c1-20(2)9-10-22-16-7-3-5-14(11-16)12-19-17(21)15-6-4-8-18-13-15;;/h3,5,7,11,15,18H,4,6,8-10,12-13H2,1-2H3,(H,19,21);2*1H. The Bertz CT molecular complexity index is 481. The van der Waals surface area contributed by atoms with Crippen LogP contribution in [0.15, 0.2) is 24.3 Å². The summed E-state index contributed by atoms with van der Waals surface area (Å²) in [5, 5.41) is 6.30. The van der Waals surface area contributed by atoms with Crippen molar-refractivity contribution in [3.63, 3.8) is 0 Å². The molecule has 0 aromatic heterocycles. The fourth-order valence-corrected chi connectivity index (χ4v) is 2.50. The van der Waals surface area contributed by atoms with Crippen molar-refractivity contribution in [2.24, 2.45) is 5.92 Å². The molecule has 24 heavy (non-hydrogen) atoms. The summed E-state index contributed by atoms with van der Waals surface area (Å²) in [6.07, 6.45) is 2.06. The summed E-state index contributed by atoms with van der Waals surface area (Å²) in [5.41, 5.74) is 1.07. The predicted octanol–water partition coefficient (Wildman–Crippen LogP) is 2.09. The minimum atomic E-state index is 0. The van der Waals surface area contributed by atoms with Crippen molar-refractivity contribution in [3.05, 3.63) is 29.8 Å². The third-order valence-corrected chi connectivity index (χ3v) is 3.84. The lowest BCUT2D eigenvalue weighted by Gasteiger charge is -2.22. The van der Waals surface area contributed by atoms with Crippen LogP contribution in [0.25, 0.3) is 0 Å². The van der Waals surface area contributed by atoms with E-state index in [0.29, 0.717) is 13.2 Å². The van der Waals surface area contributed by atoms with E-state index in [2.05, 4.69) is 15.5 Å². The van der Waals surface area contributed by atoms with Gasteiger partial charge in [0.2, 0.25) is 5.91 Å². The Kier molecular flexibility index (Phi) is 11.8. The molecule has 2 N–H and O–H groups in total. The Morgan fingerprint density at radius 1 is 1.38 bits per heavy atom. The van der Waals surface area contributed by atoms with Gasteiger partial charge in [-0.15, -0.1) is 24.8 Å². The number of likely N-dealkylation sites (N-methyl/N-ethyl adjacent to an activating group) is 1. The average molecular weight is 378 g/mol. The summed E-state index contributed by atoms with van der Waals surface area (Å²) in [5.74, 6) is 1.10. The number of amides is 1. The number of rotatable bonds is 7. The lowest BCUT2D eigenvalue weighted by atomic mass is 9.99. The number of benzene rings is 1. The van der Waals surface area contributed by atoms with Gasteiger partial charge in [-0.2, -0.15) is 0 Å². The Balaban J connectivity index is 0.00000264. The molecule has 1 aromatic rings. The molecule has 1 aliphatic rings. The number of carbonyl (C=O) groups excluding carboxylic acids is 1. The highest BCUT2D eigenvalue weighted by atomic mass is 35.5. The number of nitrogens with one attached hydrogen (secondary N) is 2. The third-order valence-electron chi connectivity index (χ3n) is 3.84. The summed E-state index contributed by atoms with van der Waals surface area (Å²) in [4.78, 5) is 14.2. The summed E-state index contributed by atoms with van der Waals surface area (Å²) in [7, 11) is 4.05. The molecule has 0 bridgehead atoms. The highest BCUT2D eigenvalue weighted by Gasteiger charge is 2.20. The van der Waals surface area contributed by atoms with E-state index < -0.39 is 0 Å². The van der Waals surface area contributed by atoms with Gasteiger partial charge < -0.3 is 20.3 Å². The second kappa shape index (κ2) is 12.4.